The molecule has 0 saturated heterocycles. The molecule has 0 aromatic heterocycles. The highest BCUT2D eigenvalue weighted by Crippen LogP contribution is 2.05. The van der Waals surface area contributed by atoms with Gasteiger partial charge in [0.05, 0.1) is 0 Å². The standard InChI is InChI=1S/C10H17NO3/c1-3-5-8(6-4-2)10(14)11-7-9(12)13/h5H,3-4,6-7H2,1-2H3,(H,11,14)(H,12,13). The Morgan fingerprint density at radius 2 is 2.00 bits per heavy atom. The number of carbonyl (C=O) groups is 2. The molecule has 4 nitrogen and oxygen atoms in total. The largest absolute Gasteiger partial charge is 0.480 e. The number of carboxylic acid groups (broad SMARTS) is 1. The highest BCUT2D eigenvalue weighted by atomic mass is 16.4. The van der Waals surface area contributed by atoms with E-state index in [1.54, 1.807) is 0 Å². The van der Waals surface area contributed by atoms with Crippen molar-refractivity contribution in [1.29, 1.82) is 0 Å². The molecule has 14 heavy (non-hydrogen) atoms. The van der Waals surface area contributed by atoms with Gasteiger partial charge in [-0.25, -0.2) is 0 Å². The Hall–Kier alpha value is -1.32. The number of nitrogens with one attached hydrogen (secondary N) is 1. The Morgan fingerprint density at radius 1 is 1.36 bits per heavy atom. The zero-order chi connectivity index (χ0) is 11.0. The quantitative estimate of drug-likeness (QED) is 0.634. The predicted molar refractivity (Wildman–Crippen MR) is 53.9 cm³/mol. The highest BCUT2D eigenvalue weighted by Gasteiger charge is 2.08. The third kappa shape index (κ3) is 5.35. The minimum Gasteiger partial charge on any atom is -0.480 e. The van der Waals surface area contributed by atoms with Crippen LogP contribution in [-0.2, 0) is 9.59 Å². The van der Waals surface area contributed by atoms with E-state index >= 15 is 0 Å². The third-order valence-corrected chi connectivity index (χ3v) is 1.66. The van der Waals surface area contributed by atoms with Gasteiger partial charge < -0.3 is 10.4 Å². The van der Waals surface area contributed by atoms with Gasteiger partial charge >= 0.3 is 5.97 Å². The first-order valence-corrected chi connectivity index (χ1v) is 4.80. The minimum absolute atomic E-state index is 0.267. The topological polar surface area (TPSA) is 66.4 Å². The fourth-order valence-corrected chi connectivity index (χ4v) is 1.09. The maximum Gasteiger partial charge on any atom is 0.322 e. The molecular weight excluding hydrogens is 182 g/mol. The van der Waals surface area contributed by atoms with Crippen molar-refractivity contribution < 1.29 is 14.7 Å². The van der Waals surface area contributed by atoms with Crippen LogP contribution in [0.15, 0.2) is 11.6 Å². The molecule has 0 aromatic rings. The lowest BCUT2D eigenvalue weighted by Gasteiger charge is -2.05. The molecule has 4 heteroatoms. The van der Waals surface area contributed by atoms with Crippen molar-refractivity contribution in [3.8, 4) is 0 Å². The van der Waals surface area contributed by atoms with E-state index in [-0.39, 0.29) is 12.5 Å². The van der Waals surface area contributed by atoms with Crippen LogP contribution in [0.1, 0.15) is 33.1 Å². The van der Waals surface area contributed by atoms with Gasteiger partial charge in [0.15, 0.2) is 0 Å². The van der Waals surface area contributed by atoms with Crippen LogP contribution in [0.3, 0.4) is 0 Å². The van der Waals surface area contributed by atoms with Gasteiger partial charge in [0, 0.05) is 5.57 Å². The summed E-state index contributed by atoms with van der Waals surface area (Å²) >= 11 is 0. The van der Waals surface area contributed by atoms with Gasteiger partial charge in [0.1, 0.15) is 6.54 Å². The smallest absolute Gasteiger partial charge is 0.322 e. The molecule has 0 saturated carbocycles. The average molecular weight is 199 g/mol. The Labute approximate surface area is 84.0 Å². The molecule has 0 rings (SSSR count). The predicted octanol–water partition coefficient (Wildman–Crippen LogP) is 1.32. The highest BCUT2D eigenvalue weighted by molar-refractivity contribution is 5.94. The van der Waals surface area contributed by atoms with Gasteiger partial charge in [-0.2, -0.15) is 0 Å². The first-order valence-electron chi connectivity index (χ1n) is 4.80. The Bertz CT molecular complexity index is 234. The number of aliphatic carboxylic acids is 1. The van der Waals surface area contributed by atoms with Gasteiger partial charge in [-0.1, -0.05) is 26.3 Å². The number of rotatable bonds is 6. The van der Waals surface area contributed by atoms with E-state index in [0.717, 1.165) is 12.8 Å². The molecule has 0 bridgehead atoms. The zero-order valence-corrected chi connectivity index (χ0v) is 8.67. The number of hydrogen-bond acceptors (Lipinski definition) is 2. The van der Waals surface area contributed by atoms with E-state index in [9.17, 15) is 9.59 Å². The molecule has 0 aromatic carbocycles. The van der Waals surface area contributed by atoms with Crippen LogP contribution in [0.25, 0.3) is 0 Å². The number of hydrogen-bond donors (Lipinski definition) is 2. The number of carboxylic acids is 1. The fraction of sp³-hybridized carbons (Fsp3) is 0.600. The van der Waals surface area contributed by atoms with Gasteiger partial charge in [-0.15, -0.1) is 0 Å². The molecule has 0 spiro atoms. The lowest BCUT2D eigenvalue weighted by Crippen LogP contribution is -2.30. The first-order chi connectivity index (χ1) is 6.61. The molecule has 0 radical (unpaired) electrons. The molecule has 1 amide bonds. The summed E-state index contributed by atoms with van der Waals surface area (Å²) in [7, 11) is 0. The van der Waals surface area contributed by atoms with Crippen LogP contribution < -0.4 is 5.32 Å². The lowest BCUT2D eigenvalue weighted by molar-refractivity contribution is -0.137. The van der Waals surface area contributed by atoms with Crippen LogP contribution in [0.5, 0.6) is 0 Å². The van der Waals surface area contributed by atoms with Crippen LogP contribution in [-0.4, -0.2) is 23.5 Å². The second-order valence-electron chi connectivity index (χ2n) is 2.96. The zero-order valence-electron chi connectivity index (χ0n) is 8.67. The van der Waals surface area contributed by atoms with Crippen molar-refractivity contribution >= 4 is 11.9 Å². The minimum atomic E-state index is -1.02. The molecular formula is C10H17NO3. The molecule has 0 aliphatic rings. The fourth-order valence-electron chi connectivity index (χ4n) is 1.09. The summed E-state index contributed by atoms with van der Waals surface area (Å²) in [5, 5.41) is 10.7. The van der Waals surface area contributed by atoms with Crippen molar-refractivity contribution in [2.24, 2.45) is 0 Å². The summed E-state index contributed by atoms with van der Waals surface area (Å²) < 4.78 is 0. The Morgan fingerprint density at radius 3 is 2.43 bits per heavy atom. The van der Waals surface area contributed by atoms with Crippen LogP contribution in [0, 0.1) is 0 Å². The van der Waals surface area contributed by atoms with Crippen LogP contribution in [0.2, 0.25) is 0 Å². The van der Waals surface area contributed by atoms with E-state index in [1.807, 2.05) is 19.9 Å². The number of amides is 1. The monoisotopic (exact) mass is 199 g/mol. The van der Waals surface area contributed by atoms with Crippen LogP contribution in [0.4, 0.5) is 0 Å². The molecule has 0 fully saturated rings. The van der Waals surface area contributed by atoms with Crippen molar-refractivity contribution in [3.63, 3.8) is 0 Å². The van der Waals surface area contributed by atoms with E-state index in [0.29, 0.717) is 12.0 Å². The first kappa shape index (κ1) is 12.7. The van der Waals surface area contributed by atoms with E-state index in [2.05, 4.69) is 5.32 Å². The van der Waals surface area contributed by atoms with Gasteiger partial charge in [0.25, 0.3) is 0 Å². The molecule has 0 aliphatic heterocycles. The molecule has 0 heterocycles. The maximum atomic E-state index is 11.4. The van der Waals surface area contributed by atoms with Crippen LogP contribution >= 0.6 is 0 Å². The average Bonchev–Trinajstić information content (AvgIpc) is 2.14. The summed E-state index contributed by atoms with van der Waals surface area (Å²) in [6, 6.07) is 0. The normalized spacial score (nSPS) is 11.1. The van der Waals surface area contributed by atoms with Gasteiger partial charge in [-0.3, -0.25) is 9.59 Å². The number of carbonyl (C=O) groups excluding carboxylic acids is 1. The van der Waals surface area contributed by atoms with Crippen molar-refractivity contribution in [3.05, 3.63) is 11.6 Å². The molecule has 80 valence electrons. The lowest BCUT2D eigenvalue weighted by atomic mass is 10.1. The third-order valence-electron chi connectivity index (χ3n) is 1.66. The summed E-state index contributed by atoms with van der Waals surface area (Å²) in [6.45, 7) is 3.61. The SMILES string of the molecule is CCC=C(CCC)C(=O)NCC(=O)O. The van der Waals surface area contributed by atoms with E-state index in [4.69, 9.17) is 5.11 Å². The Balaban J connectivity index is 4.15. The van der Waals surface area contributed by atoms with Gasteiger partial charge in [0.2, 0.25) is 5.91 Å². The summed E-state index contributed by atoms with van der Waals surface area (Å²) in [6.07, 6.45) is 4.20. The van der Waals surface area contributed by atoms with Gasteiger partial charge in [-0.05, 0) is 12.8 Å². The van der Waals surface area contributed by atoms with E-state index < -0.39 is 5.97 Å². The van der Waals surface area contributed by atoms with Crippen molar-refractivity contribution in [2.75, 3.05) is 6.54 Å². The number of allylic oxidation sites excluding steroid dienone is 1. The summed E-state index contributed by atoms with van der Waals surface area (Å²) in [4.78, 5) is 21.6. The second-order valence-corrected chi connectivity index (χ2v) is 2.96. The summed E-state index contributed by atoms with van der Waals surface area (Å²) in [5.74, 6) is -1.29. The van der Waals surface area contributed by atoms with Crippen molar-refractivity contribution in [1.82, 2.24) is 5.32 Å². The molecule has 0 atom stereocenters. The molecule has 0 unspecified atom stereocenters. The van der Waals surface area contributed by atoms with E-state index in [1.165, 1.54) is 0 Å². The molecule has 2 N–H and O–H groups in total. The van der Waals surface area contributed by atoms with Crippen molar-refractivity contribution in [2.45, 2.75) is 33.1 Å². The molecule has 0 aliphatic carbocycles. The summed E-state index contributed by atoms with van der Waals surface area (Å²) in [5.41, 5.74) is 0.677. The Kier molecular flexibility index (Phi) is 6.45. The second kappa shape index (κ2) is 7.12. The maximum absolute atomic E-state index is 11.4.